The Morgan fingerprint density at radius 1 is 1.53 bits per heavy atom. The van der Waals surface area contributed by atoms with Gasteiger partial charge < -0.3 is 5.11 Å². The van der Waals surface area contributed by atoms with E-state index in [0.29, 0.717) is 5.25 Å². The van der Waals surface area contributed by atoms with E-state index < -0.39 is 0 Å². The molecule has 1 aromatic carbocycles. The molecule has 0 amide bonds. The van der Waals surface area contributed by atoms with E-state index in [1.165, 1.54) is 33.9 Å². The topological polar surface area (TPSA) is 20.2 Å². The van der Waals surface area contributed by atoms with Gasteiger partial charge in [-0.3, -0.25) is 0 Å². The Balaban J connectivity index is 2.13. The molecule has 0 fully saturated rings. The lowest BCUT2D eigenvalue weighted by atomic mass is 10.1. The van der Waals surface area contributed by atoms with Crippen molar-refractivity contribution in [2.45, 2.75) is 34.8 Å². The highest BCUT2D eigenvalue weighted by molar-refractivity contribution is 8.00. The Bertz CT molecular complexity index is 338. The van der Waals surface area contributed by atoms with Crippen molar-refractivity contribution < 1.29 is 5.11 Å². The van der Waals surface area contributed by atoms with Crippen LogP contribution in [0.25, 0.3) is 0 Å². The summed E-state index contributed by atoms with van der Waals surface area (Å²) in [7, 11) is 0. The third-order valence-electron chi connectivity index (χ3n) is 2.47. The van der Waals surface area contributed by atoms with Gasteiger partial charge in [-0.1, -0.05) is 6.92 Å². The smallest absolute Gasteiger partial charge is 0.0550 e. The number of aliphatic hydroxyl groups is 1. The maximum absolute atomic E-state index is 9.01. The number of fused-ring (bicyclic) bond motifs is 1. The van der Waals surface area contributed by atoms with Gasteiger partial charge in [-0.2, -0.15) is 0 Å². The van der Waals surface area contributed by atoms with E-state index in [2.05, 4.69) is 25.1 Å². The van der Waals surface area contributed by atoms with Crippen molar-refractivity contribution in [1.82, 2.24) is 0 Å². The molecule has 0 aliphatic carbocycles. The van der Waals surface area contributed by atoms with E-state index >= 15 is 0 Å². The van der Waals surface area contributed by atoms with E-state index in [4.69, 9.17) is 5.11 Å². The molecule has 0 radical (unpaired) electrons. The third-order valence-corrected chi connectivity index (χ3v) is 4.75. The zero-order valence-corrected chi connectivity index (χ0v) is 10.5. The van der Waals surface area contributed by atoms with Gasteiger partial charge in [-0.05, 0) is 42.4 Å². The second-order valence-electron chi connectivity index (χ2n) is 3.83. The minimum Gasteiger partial charge on any atom is -0.395 e. The summed E-state index contributed by atoms with van der Waals surface area (Å²) >= 11 is 3.72. The quantitative estimate of drug-likeness (QED) is 0.819. The fourth-order valence-electron chi connectivity index (χ4n) is 1.68. The summed E-state index contributed by atoms with van der Waals surface area (Å²) in [6, 6.07) is 6.69. The summed E-state index contributed by atoms with van der Waals surface area (Å²) in [5.74, 6) is 1.26. The van der Waals surface area contributed by atoms with Crippen LogP contribution < -0.4 is 0 Å². The molecule has 15 heavy (non-hydrogen) atoms. The SMILES string of the molecule is CC(CO)Sc1ccc2c(c1)CCCS2. The maximum Gasteiger partial charge on any atom is 0.0550 e. The average molecular weight is 240 g/mol. The summed E-state index contributed by atoms with van der Waals surface area (Å²) in [5, 5.41) is 9.30. The van der Waals surface area contributed by atoms with Gasteiger partial charge in [0.15, 0.2) is 0 Å². The van der Waals surface area contributed by atoms with E-state index in [0.717, 1.165) is 0 Å². The molecular weight excluding hydrogens is 224 g/mol. The standard InChI is InChI=1S/C12H16OS2/c1-9(8-13)15-11-4-5-12-10(7-11)3-2-6-14-12/h4-5,7,9,13H,2-3,6,8H2,1H3. The van der Waals surface area contributed by atoms with Crippen LogP contribution in [0.3, 0.4) is 0 Å². The Labute approximate surface area is 99.7 Å². The lowest BCUT2D eigenvalue weighted by Gasteiger charge is -2.16. The Morgan fingerprint density at radius 3 is 3.20 bits per heavy atom. The van der Waals surface area contributed by atoms with Crippen molar-refractivity contribution >= 4 is 23.5 Å². The number of hydrogen-bond donors (Lipinski definition) is 1. The first-order valence-corrected chi connectivity index (χ1v) is 7.19. The molecule has 2 rings (SSSR count). The Hall–Kier alpha value is -0.120. The molecule has 0 saturated heterocycles. The summed E-state index contributed by atoms with van der Waals surface area (Å²) in [6.07, 6.45) is 2.51. The van der Waals surface area contributed by atoms with E-state index in [1.54, 1.807) is 11.8 Å². The summed E-state index contributed by atoms with van der Waals surface area (Å²) in [5.41, 5.74) is 1.49. The highest BCUT2D eigenvalue weighted by atomic mass is 32.2. The van der Waals surface area contributed by atoms with Crippen molar-refractivity contribution in [1.29, 1.82) is 0 Å². The molecule has 1 aliphatic heterocycles. The number of aryl methyl sites for hydroxylation is 1. The molecule has 1 aromatic rings. The van der Waals surface area contributed by atoms with Crippen LogP contribution >= 0.6 is 23.5 Å². The van der Waals surface area contributed by atoms with Gasteiger partial charge >= 0.3 is 0 Å². The first-order valence-electron chi connectivity index (χ1n) is 5.33. The third kappa shape index (κ3) is 2.92. The van der Waals surface area contributed by atoms with Crippen molar-refractivity contribution in [3.8, 4) is 0 Å². The molecule has 1 heterocycles. The van der Waals surface area contributed by atoms with Crippen molar-refractivity contribution in [3.05, 3.63) is 23.8 Å². The number of rotatable bonds is 3. The Kier molecular flexibility index (Phi) is 4.00. The van der Waals surface area contributed by atoms with Crippen LogP contribution in [-0.2, 0) is 6.42 Å². The van der Waals surface area contributed by atoms with Crippen molar-refractivity contribution in [2.75, 3.05) is 12.4 Å². The van der Waals surface area contributed by atoms with Crippen LogP contribution in [-0.4, -0.2) is 22.7 Å². The van der Waals surface area contributed by atoms with Crippen LogP contribution in [0.5, 0.6) is 0 Å². The lowest BCUT2D eigenvalue weighted by molar-refractivity contribution is 0.300. The van der Waals surface area contributed by atoms with Gasteiger partial charge in [-0.25, -0.2) is 0 Å². The second-order valence-corrected chi connectivity index (χ2v) is 6.48. The summed E-state index contributed by atoms with van der Waals surface area (Å²) < 4.78 is 0. The minimum absolute atomic E-state index is 0.247. The van der Waals surface area contributed by atoms with E-state index in [1.807, 2.05) is 11.8 Å². The maximum atomic E-state index is 9.01. The minimum atomic E-state index is 0.247. The fourth-order valence-corrected chi connectivity index (χ4v) is 3.59. The molecule has 3 heteroatoms. The number of thioether (sulfide) groups is 2. The molecule has 0 bridgehead atoms. The van der Waals surface area contributed by atoms with Gasteiger partial charge in [0.05, 0.1) is 6.61 Å². The monoisotopic (exact) mass is 240 g/mol. The number of benzene rings is 1. The van der Waals surface area contributed by atoms with Crippen LogP contribution in [0.4, 0.5) is 0 Å². The molecule has 1 unspecified atom stereocenters. The number of aliphatic hydroxyl groups excluding tert-OH is 1. The van der Waals surface area contributed by atoms with Crippen LogP contribution in [0.15, 0.2) is 28.0 Å². The van der Waals surface area contributed by atoms with E-state index in [9.17, 15) is 0 Å². The second kappa shape index (κ2) is 5.28. The van der Waals surface area contributed by atoms with Gasteiger partial charge in [0.2, 0.25) is 0 Å². The highest BCUT2D eigenvalue weighted by Gasteiger charge is 2.11. The zero-order chi connectivity index (χ0) is 10.7. The molecule has 1 N–H and O–H groups in total. The molecular formula is C12H16OS2. The van der Waals surface area contributed by atoms with Crippen molar-refractivity contribution in [3.63, 3.8) is 0 Å². The predicted octanol–water partition coefficient (Wildman–Crippen LogP) is 3.20. The Morgan fingerprint density at radius 2 is 2.40 bits per heavy atom. The normalized spacial score (nSPS) is 17.2. The van der Waals surface area contributed by atoms with Crippen molar-refractivity contribution in [2.24, 2.45) is 0 Å². The van der Waals surface area contributed by atoms with Crippen LogP contribution in [0.2, 0.25) is 0 Å². The van der Waals surface area contributed by atoms with Crippen LogP contribution in [0, 0.1) is 0 Å². The largest absolute Gasteiger partial charge is 0.395 e. The van der Waals surface area contributed by atoms with Gasteiger partial charge in [-0.15, -0.1) is 23.5 Å². The molecule has 1 nitrogen and oxygen atoms in total. The fraction of sp³-hybridized carbons (Fsp3) is 0.500. The molecule has 82 valence electrons. The first kappa shape index (κ1) is 11.4. The molecule has 1 atom stereocenters. The average Bonchev–Trinajstić information content (AvgIpc) is 2.29. The van der Waals surface area contributed by atoms with Crippen LogP contribution in [0.1, 0.15) is 18.9 Å². The van der Waals surface area contributed by atoms with E-state index in [-0.39, 0.29) is 6.61 Å². The van der Waals surface area contributed by atoms with Gasteiger partial charge in [0.25, 0.3) is 0 Å². The molecule has 0 saturated carbocycles. The summed E-state index contributed by atoms with van der Waals surface area (Å²) in [6.45, 7) is 2.30. The van der Waals surface area contributed by atoms with Gasteiger partial charge in [0, 0.05) is 15.0 Å². The lowest BCUT2D eigenvalue weighted by Crippen LogP contribution is -2.02. The predicted molar refractivity (Wildman–Crippen MR) is 67.9 cm³/mol. The zero-order valence-electron chi connectivity index (χ0n) is 8.90. The number of hydrogen-bond acceptors (Lipinski definition) is 3. The first-order chi connectivity index (χ1) is 7.29. The summed E-state index contributed by atoms with van der Waals surface area (Å²) in [4.78, 5) is 2.74. The molecule has 0 spiro atoms. The molecule has 1 aliphatic rings. The van der Waals surface area contributed by atoms with Gasteiger partial charge in [0.1, 0.15) is 0 Å². The molecule has 0 aromatic heterocycles. The highest BCUT2D eigenvalue weighted by Crippen LogP contribution is 2.33.